The molecule has 0 fully saturated rings. The van der Waals surface area contributed by atoms with Gasteiger partial charge in [-0.2, -0.15) is 0 Å². The third-order valence-electron chi connectivity index (χ3n) is 2.15. The number of carboxylic acids is 1. The number of ether oxygens (including phenoxy) is 1. The van der Waals surface area contributed by atoms with E-state index in [4.69, 9.17) is 9.84 Å². The van der Waals surface area contributed by atoms with Crippen molar-refractivity contribution < 1.29 is 24.2 Å². The van der Waals surface area contributed by atoms with Crippen molar-refractivity contribution in [1.82, 2.24) is 5.32 Å². The molecule has 6 heteroatoms. The molecule has 2 atom stereocenters. The fourth-order valence-electron chi connectivity index (χ4n) is 1.13. The second-order valence-electron chi connectivity index (χ2n) is 5.28. The van der Waals surface area contributed by atoms with Crippen molar-refractivity contribution in [3.05, 3.63) is 0 Å². The Bertz CT molecular complexity index is 332. The minimum absolute atomic E-state index is 0.119. The summed E-state index contributed by atoms with van der Waals surface area (Å²) in [4.78, 5) is 33.6. The number of carbonyl (C=O) groups excluding carboxylic acids is 2. The summed E-state index contributed by atoms with van der Waals surface area (Å²) in [6.45, 7) is 8.09. The summed E-state index contributed by atoms with van der Waals surface area (Å²) >= 11 is 0. The molecule has 0 aliphatic heterocycles. The van der Waals surface area contributed by atoms with Gasteiger partial charge in [0.1, 0.15) is 5.60 Å². The number of Topliss-reactive ketones (excluding diaryl/α,β-unsaturated/α-hetero) is 1. The van der Waals surface area contributed by atoms with Gasteiger partial charge in [-0.05, 0) is 27.7 Å². The summed E-state index contributed by atoms with van der Waals surface area (Å²) in [5, 5.41) is 11.1. The third kappa shape index (κ3) is 6.88. The maximum atomic E-state index is 11.6. The Balaban J connectivity index is 4.24. The first-order chi connectivity index (χ1) is 8.03. The standard InChI is InChI=1S/C12H21NO5/c1-7(10(15)16)6-9(14)8(2)13-11(17)18-12(3,4)5/h7-8H,6H2,1-5H3,(H,13,17)(H,15,16)/t7-,8+/m0/s1. The number of alkyl carbamates (subject to hydrolysis) is 1. The summed E-state index contributed by atoms with van der Waals surface area (Å²) in [7, 11) is 0. The monoisotopic (exact) mass is 259 g/mol. The van der Waals surface area contributed by atoms with Crippen LogP contribution >= 0.6 is 0 Å². The smallest absolute Gasteiger partial charge is 0.408 e. The molecule has 0 unspecified atom stereocenters. The first kappa shape index (κ1) is 16.4. The second-order valence-corrected chi connectivity index (χ2v) is 5.28. The number of nitrogens with one attached hydrogen (secondary N) is 1. The van der Waals surface area contributed by atoms with Gasteiger partial charge in [-0.25, -0.2) is 4.79 Å². The Morgan fingerprint density at radius 2 is 1.72 bits per heavy atom. The fraction of sp³-hybridized carbons (Fsp3) is 0.750. The van der Waals surface area contributed by atoms with Crippen molar-refractivity contribution in [3.8, 4) is 0 Å². The molecule has 18 heavy (non-hydrogen) atoms. The first-order valence-corrected chi connectivity index (χ1v) is 5.78. The van der Waals surface area contributed by atoms with Gasteiger partial charge in [0, 0.05) is 6.42 Å². The zero-order chi connectivity index (χ0) is 14.5. The molecule has 0 aromatic rings. The van der Waals surface area contributed by atoms with Crippen LogP contribution in [-0.4, -0.2) is 34.6 Å². The molecule has 0 aromatic carbocycles. The van der Waals surface area contributed by atoms with Crippen LogP contribution in [0.1, 0.15) is 41.0 Å². The van der Waals surface area contributed by atoms with Crippen LogP contribution in [0.4, 0.5) is 4.79 Å². The predicted octanol–water partition coefficient (Wildman–Crippen LogP) is 1.58. The van der Waals surface area contributed by atoms with E-state index in [0.29, 0.717) is 0 Å². The number of ketones is 1. The van der Waals surface area contributed by atoms with E-state index >= 15 is 0 Å². The lowest BCUT2D eigenvalue weighted by Gasteiger charge is -2.21. The highest BCUT2D eigenvalue weighted by Crippen LogP contribution is 2.08. The Morgan fingerprint density at radius 3 is 2.11 bits per heavy atom. The van der Waals surface area contributed by atoms with E-state index in [9.17, 15) is 14.4 Å². The number of carbonyl (C=O) groups is 3. The van der Waals surface area contributed by atoms with Crippen molar-refractivity contribution in [2.75, 3.05) is 0 Å². The van der Waals surface area contributed by atoms with Crippen molar-refractivity contribution in [2.45, 2.75) is 52.7 Å². The molecule has 0 radical (unpaired) electrons. The minimum atomic E-state index is -1.03. The van der Waals surface area contributed by atoms with E-state index in [-0.39, 0.29) is 12.2 Å². The quantitative estimate of drug-likeness (QED) is 0.782. The molecular weight excluding hydrogens is 238 g/mol. The predicted molar refractivity (Wildman–Crippen MR) is 65.3 cm³/mol. The highest BCUT2D eigenvalue weighted by Gasteiger charge is 2.23. The Kier molecular flexibility index (Phi) is 5.81. The molecular formula is C12H21NO5. The number of aliphatic carboxylic acids is 1. The molecule has 0 rings (SSSR count). The Hall–Kier alpha value is -1.59. The van der Waals surface area contributed by atoms with Crippen molar-refractivity contribution in [3.63, 3.8) is 0 Å². The largest absolute Gasteiger partial charge is 0.481 e. The van der Waals surface area contributed by atoms with E-state index in [1.54, 1.807) is 20.8 Å². The van der Waals surface area contributed by atoms with Gasteiger partial charge < -0.3 is 15.2 Å². The van der Waals surface area contributed by atoms with Crippen LogP contribution in [-0.2, 0) is 14.3 Å². The summed E-state index contributed by atoms with van der Waals surface area (Å²) in [6, 6.07) is -0.762. The Morgan fingerprint density at radius 1 is 1.22 bits per heavy atom. The zero-order valence-electron chi connectivity index (χ0n) is 11.4. The van der Waals surface area contributed by atoms with Crippen LogP contribution in [0.25, 0.3) is 0 Å². The molecule has 1 amide bonds. The number of hydrogen-bond donors (Lipinski definition) is 2. The van der Waals surface area contributed by atoms with E-state index in [1.165, 1.54) is 13.8 Å². The normalized spacial score (nSPS) is 14.5. The summed E-state index contributed by atoms with van der Waals surface area (Å²) in [5.74, 6) is -2.14. The SMILES string of the molecule is C[C@@H](CC(=O)[C@@H](C)NC(=O)OC(C)(C)C)C(=O)O. The van der Waals surface area contributed by atoms with Gasteiger partial charge in [-0.15, -0.1) is 0 Å². The van der Waals surface area contributed by atoms with E-state index in [0.717, 1.165) is 0 Å². The van der Waals surface area contributed by atoms with Gasteiger partial charge in [-0.1, -0.05) is 6.92 Å². The van der Waals surface area contributed by atoms with Crippen molar-refractivity contribution in [1.29, 1.82) is 0 Å². The summed E-state index contributed by atoms with van der Waals surface area (Å²) < 4.78 is 4.99. The second kappa shape index (κ2) is 6.37. The molecule has 2 N–H and O–H groups in total. The van der Waals surface area contributed by atoms with Crippen LogP contribution in [0.3, 0.4) is 0 Å². The molecule has 6 nitrogen and oxygen atoms in total. The number of hydrogen-bond acceptors (Lipinski definition) is 4. The maximum absolute atomic E-state index is 11.6. The van der Waals surface area contributed by atoms with Crippen LogP contribution in [0.5, 0.6) is 0 Å². The molecule has 0 saturated carbocycles. The maximum Gasteiger partial charge on any atom is 0.408 e. The van der Waals surface area contributed by atoms with Gasteiger partial charge in [0.2, 0.25) is 0 Å². The molecule has 0 saturated heterocycles. The molecule has 0 aliphatic rings. The Labute approximate surface area is 107 Å². The molecule has 0 aromatic heterocycles. The molecule has 0 aliphatic carbocycles. The number of carboxylic acid groups (broad SMARTS) is 1. The van der Waals surface area contributed by atoms with Crippen LogP contribution in [0.2, 0.25) is 0 Å². The van der Waals surface area contributed by atoms with E-state index < -0.39 is 29.6 Å². The van der Waals surface area contributed by atoms with Gasteiger partial charge in [0.15, 0.2) is 5.78 Å². The van der Waals surface area contributed by atoms with E-state index in [2.05, 4.69) is 5.32 Å². The number of rotatable bonds is 5. The molecule has 0 spiro atoms. The van der Waals surface area contributed by atoms with Gasteiger partial charge in [0.05, 0.1) is 12.0 Å². The average molecular weight is 259 g/mol. The van der Waals surface area contributed by atoms with Crippen LogP contribution in [0, 0.1) is 5.92 Å². The summed E-state index contributed by atoms with van der Waals surface area (Å²) in [6.07, 6.45) is -0.807. The molecule has 0 bridgehead atoms. The number of amides is 1. The third-order valence-corrected chi connectivity index (χ3v) is 2.15. The van der Waals surface area contributed by atoms with Crippen LogP contribution in [0.15, 0.2) is 0 Å². The van der Waals surface area contributed by atoms with E-state index in [1.807, 2.05) is 0 Å². The molecule has 0 heterocycles. The lowest BCUT2D eigenvalue weighted by atomic mass is 10.0. The highest BCUT2D eigenvalue weighted by molar-refractivity contribution is 5.89. The van der Waals surface area contributed by atoms with Gasteiger partial charge in [0.25, 0.3) is 0 Å². The summed E-state index contributed by atoms with van der Waals surface area (Å²) in [5.41, 5.74) is -0.638. The van der Waals surface area contributed by atoms with Crippen molar-refractivity contribution >= 4 is 17.8 Å². The molecule has 104 valence electrons. The first-order valence-electron chi connectivity index (χ1n) is 5.78. The zero-order valence-corrected chi connectivity index (χ0v) is 11.4. The highest BCUT2D eigenvalue weighted by atomic mass is 16.6. The minimum Gasteiger partial charge on any atom is -0.481 e. The van der Waals surface area contributed by atoms with Gasteiger partial charge in [-0.3, -0.25) is 9.59 Å². The topological polar surface area (TPSA) is 92.7 Å². The average Bonchev–Trinajstić information content (AvgIpc) is 2.13. The van der Waals surface area contributed by atoms with Gasteiger partial charge >= 0.3 is 12.1 Å². The lowest BCUT2D eigenvalue weighted by Crippen LogP contribution is -2.42. The van der Waals surface area contributed by atoms with Crippen molar-refractivity contribution in [2.24, 2.45) is 5.92 Å². The van der Waals surface area contributed by atoms with Crippen LogP contribution < -0.4 is 5.32 Å². The fourth-order valence-corrected chi connectivity index (χ4v) is 1.13. The lowest BCUT2D eigenvalue weighted by molar-refractivity contribution is -0.143.